The summed E-state index contributed by atoms with van der Waals surface area (Å²) in [5.41, 5.74) is 30.4. The molecule has 2 aromatic heterocycles. The molecule has 0 bridgehead atoms. The number of phenolic OH excluding ortho intramolecular Hbond substituents is 2. The van der Waals surface area contributed by atoms with Gasteiger partial charge in [0.15, 0.2) is 6.29 Å². The largest absolute Gasteiger partial charge is 0.508 e. The molecule has 11 N–H and O–H groups in total. The number of rotatable bonds is 5. The van der Waals surface area contributed by atoms with Crippen molar-refractivity contribution in [2.45, 2.75) is 20.8 Å². The molecule has 4 aromatic rings. The minimum absolute atomic E-state index is 0.0806. The van der Waals surface area contributed by atoms with Gasteiger partial charge >= 0.3 is 0 Å². The molecule has 11 nitrogen and oxygen atoms in total. The number of pyridine rings is 2. The Hall–Kier alpha value is -5.19. The fraction of sp³-hybridized carbons (Fsp3) is 0.148. The van der Waals surface area contributed by atoms with Crippen LogP contribution < -0.4 is 33.4 Å². The Bertz CT molecular complexity index is 1400. The average Bonchev–Trinajstić information content (AvgIpc) is 2.91. The molecule has 0 radical (unpaired) electrons. The Labute approximate surface area is 221 Å². The fourth-order valence-corrected chi connectivity index (χ4v) is 3.11. The number of aldehydes is 1. The predicted molar refractivity (Wildman–Crippen MR) is 155 cm³/mol. The van der Waals surface area contributed by atoms with E-state index in [-0.39, 0.29) is 22.9 Å². The van der Waals surface area contributed by atoms with Crippen LogP contribution in [0.1, 0.15) is 29.8 Å². The molecule has 0 fully saturated rings. The SMILES string of the molecule is CC.CN(Nc1ccc(-c2ccc(N)c(N)n2)nc1N)c1ccc(O)c(C=O)c1.Cc1cc(N)ccc1O. The van der Waals surface area contributed by atoms with Gasteiger partial charge in [-0.1, -0.05) is 13.8 Å². The van der Waals surface area contributed by atoms with Crippen molar-refractivity contribution in [1.82, 2.24) is 9.97 Å². The van der Waals surface area contributed by atoms with Crippen molar-refractivity contribution in [2.24, 2.45) is 0 Å². The molecule has 0 aliphatic carbocycles. The molecule has 38 heavy (non-hydrogen) atoms. The molecule has 2 heterocycles. The van der Waals surface area contributed by atoms with Crippen molar-refractivity contribution in [1.29, 1.82) is 0 Å². The molecule has 4 rings (SSSR count). The number of hydrazine groups is 1. The maximum atomic E-state index is 11.0. The van der Waals surface area contributed by atoms with Crippen molar-refractivity contribution >= 4 is 40.7 Å². The molecular weight excluding hydrogens is 484 g/mol. The van der Waals surface area contributed by atoms with Crippen LogP contribution in [0.5, 0.6) is 11.5 Å². The number of aryl methyl sites for hydroxylation is 1. The quantitative estimate of drug-likeness (QED) is 0.0864. The molecule has 200 valence electrons. The molecular formula is C27H34N8O3. The van der Waals surface area contributed by atoms with Gasteiger partial charge in [0.05, 0.1) is 34.0 Å². The molecule has 0 spiro atoms. The highest BCUT2D eigenvalue weighted by Crippen LogP contribution is 2.27. The van der Waals surface area contributed by atoms with Gasteiger partial charge in [0.1, 0.15) is 23.1 Å². The van der Waals surface area contributed by atoms with Crippen LogP contribution in [0.25, 0.3) is 11.4 Å². The maximum Gasteiger partial charge on any atom is 0.153 e. The summed E-state index contributed by atoms with van der Waals surface area (Å²) in [6.07, 6.45) is 0.586. The zero-order valence-electron chi connectivity index (χ0n) is 21.8. The van der Waals surface area contributed by atoms with E-state index >= 15 is 0 Å². The lowest BCUT2D eigenvalue weighted by Gasteiger charge is -2.23. The Morgan fingerprint density at radius 2 is 1.42 bits per heavy atom. The summed E-state index contributed by atoms with van der Waals surface area (Å²) in [6, 6.07) is 16.5. The number of carbonyl (C=O) groups is 1. The van der Waals surface area contributed by atoms with Gasteiger partial charge < -0.3 is 33.1 Å². The predicted octanol–water partition coefficient (Wildman–Crippen LogP) is 4.18. The third-order valence-electron chi connectivity index (χ3n) is 5.18. The van der Waals surface area contributed by atoms with E-state index in [4.69, 9.17) is 28.0 Å². The lowest BCUT2D eigenvalue weighted by molar-refractivity contribution is 0.112. The van der Waals surface area contributed by atoms with E-state index in [0.29, 0.717) is 46.2 Å². The van der Waals surface area contributed by atoms with Crippen LogP contribution in [0.15, 0.2) is 60.7 Å². The minimum Gasteiger partial charge on any atom is -0.508 e. The average molecular weight is 519 g/mol. The summed E-state index contributed by atoms with van der Waals surface area (Å²) in [5, 5.41) is 20.2. The second-order valence-electron chi connectivity index (χ2n) is 7.88. The number of carbonyl (C=O) groups excluding carboxylic acids is 1. The van der Waals surface area contributed by atoms with Gasteiger partial charge in [-0.05, 0) is 73.2 Å². The maximum absolute atomic E-state index is 11.0. The van der Waals surface area contributed by atoms with E-state index in [1.165, 1.54) is 6.07 Å². The van der Waals surface area contributed by atoms with Crippen LogP contribution in [0.2, 0.25) is 0 Å². The number of aromatic hydroxyl groups is 2. The summed E-state index contributed by atoms with van der Waals surface area (Å²) in [6.45, 7) is 5.81. The van der Waals surface area contributed by atoms with E-state index in [1.807, 2.05) is 20.8 Å². The van der Waals surface area contributed by atoms with Crippen LogP contribution in [-0.4, -0.2) is 33.5 Å². The zero-order chi connectivity index (χ0) is 28.4. The molecule has 0 aliphatic heterocycles. The number of hydrogen-bond donors (Lipinski definition) is 7. The van der Waals surface area contributed by atoms with Gasteiger partial charge in [-0.25, -0.2) is 9.97 Å². The molecule has 0 saturated heterocycles. The van der Waals surface area contributed by atoms with Crippen molar-refractivity contribution in [3.05, 3.63) is 71.8 Å². The first-order chi connectivity index (χ1) is 18.1. The van der Waals surface area contributed by atoms with E-state index in [9.17, 15) is 9.90 Å². The van der Waals surface area contributed by atoms with Crippen LogP contribution in [0.4, 0.5) is 34.4 Å². The van der Waals surface area contributed by atoms with Crippen LogP contribution in [0.3, 0.4) is 0 Å². The summed E-state index contributed by atoms with van der Waals surface area (Å²) in [7, 11) is 1.75. The number of nitrogens with two attached hydrogens (primary N) is 4. The van der Waals surface area contributed by atoms with Gasteiger partial charge in [-0.15, -0.1) is 0 Å². The van der Waals surface area contributed by atoms with E-state index in [1.54, 1.807) is 66.7 Å². The second-order valence-corrected chi connectivity index (χ2v) is 7.88. The van der Waals surface area contributed by atoms with Gasteiger partial charge in [-0.3, -0.25) is 15.2 Å². The van der Waals surface area contributed by atoms with Gasteiger partial charge in [0.2, 0.25) is 0 Å². The van der Waals surface area contributed by atoms with Crippen molar-refractivity contribution in [3.63, 3.8) is 0 Å². The topological polar surface area (TPSA) is 203 Å². The zero-order valence-corrected chi connectivity index (χ0v) is 21.8. The molecule has 0 saturated carbocycles. The molecule has 0 aliphatic rings. The molecule has 0 atom stereocenters. The first kappa shape index (κ1) is 29.0. The first-order valence-electron chi connectivity index (χ1n) is 11.7. The molecule has 2 aromatic carbocycles. The fourth-order valence-electron chi connectivity index (χ4n) is 3.11. The standard InChI is InChI=1S/C18H19N7O2.C7H9NO.C2H6/c1-25(11-2-7-16(27)10(8-11)9-26)24-15-6-5-14(23-18(15)21)13-4-3-12(19)17(20)22-13;1-5-4-6(8)2-3-7(5)9;1-2/h2-9,24,27H,19H2,1H3,(H2,20,22)(H2,21,23);2-4,9H,8H2,1H3;1-2H3. The number of phenols is 2. The highest BCUT2D eigenvalue weighted by Gasteiger charge is 2.10. The Kier molecular flexibility index (Phi) is 10.1. The molecule has 0 unspecified atom stereocenters. The number of nitrogens with one attached hydrogen (secondary N) is 1. The Morgan fingerprint density at radius 3 is 1.97 bits per heavy atom. The second kappa shape index (κ2) is 13.2. The Balaban J connectivity index is 0.000000387. The molecule has 0 amide bonds. The minimum atomic E-state index is -0.0806. The summed E-state index contributed by atoms with van der Waals surface area (Å²) < 4.78 is 0. The van der Waals surface area contributed by atoms with E-state index in [2.05, 4.69) is 15.4 Å². The summed E-state index contributed by atoms with van der Waals surface area (Å²) in [5.74, 6) is 0.700. The third-order valence-corrected chi connectivity index (χ3v) is 5.18. The van der Waals surface area contributed by atoms with Gasteiger partial charge in [-0.2, -0.15) is 0 Å². The molecule has 11 heteroatoms. The number of nitrogen functional groups attached to an aromatic ring is 4. The number of anilines is 6. The Morgan fingerprint density at radius 1 is 0.816 bits per heavy atom. The lowest BCUT2D eigenvalue weighted by atomic mass is 10.2. The van der Waals surface area contributed by atoms with Crippen LogP contribution >= 0.6 is 0 Å². The first-order valence-corrected chi connectivity index (χ1v) is 11.7. The number of aromatic nitrogens is 2. The number of hydrogen-bond acceptors (Lipinski definition) is 11. The lowest BCUT2D eigenvalue weighted by Crippen LogP contribution is -2.25. The van der Waals surface area contributed by atoms with Crippen molar-refractivity contribution in [2.75, 3.05) is 40.4 Å². The van der Waals surface area contributed by atoms with Crippen molar-refractivity contribution < 1.29 is 15.0 Å². The highest BCUT2D eigenvalue weighted by molar-refractivity contribution is 5.82. The van der Waals surface area contributed by atoms with E-state index in [0.717, 1.165) is 5.56 Å². The van der Waals surface area contributed by atoms with Crippen molar-refractivity contribution in [3.8, 4) is 22.9 Å². The number of nitrogens with zero attached hydrogens (tertiary/aromatic N) is 3. The number of benzene rings is 2. The third kappa shape index (κ3) is 7.40. The van der Waals surface area contributed by atoms with Gasteiger partial charge in [0.25, 0.3) is 0 Å². The normalized spacial score (nSPS) is 9.79. The highest BCUT2D eigenvalue weighted by atomic mass is 16.3. The van der Waals surface area contributed by atoms with Crippen LogP contribution in [-0.2, 0) is 0 Å². The smallest absolute Gasteiger partial charge is 0.153 e. The summed E-state index contributed by atoms with van der Waals surface area (Å²) >= 11 is 0. The summed E-state index contributed by atoms with van der Waals surface area (Å²) in [4.78, 5) is 19.5. The van der Waals surface area contributed by atoms with E-state index < -0.39 is 0 Å². The van der Waals surface area contributed by atoms with Gasteiger partial charge in [0, 0.05) is 12.7 Å². The monoisotopic (exact) mass is 518 g/mol. The van der Waals surface area contributed by atoms with Crippen LogP contribution in [0, 0.1) is 6.92 Å².